The van der Waals surface area contributed by atoms with Crippen molar-refractivity contribution in [1.29, 1.82) is 0 Å². The number of benzene rings is 1. The first-order valence-electron chi connectivity index (χ1n) is 7.54. The zero-order chi connectivity index (χ0) is 16.7. The molecule has 8 heteroatoms. The highest BCUT2D eigenvalue weighted by Gasteiger charge is 2.17. The second-order valence-electron chi connectivity index (χ2n) is 5.53. The fourth-order valence-electron chi connectivity index (χ4n) is 2.60. The summed E-state index contributed by atoms with van der Waals surface area (Å²) in [5, 5.41) is 13.3. The lowest BCUT2D eigenvalue weighted by molar-refractivity contribution is 0.174. The summed E-state index contributed by atoms with van der Waals surface area (Å²) in [4.78, 5) is 0. The van der Waals surface area contributed by atoms with Crippen molar-refractivity contribution in [2.75, 3.05) is 6.79 Å². The largest absolute Gasteiger partial charge is 0.454 e. The van der Waals surface area contributed by atoms with Gasteiger partial charge in [-0.05, 0) is 32.0 Å². The second kappa shape index (κ2) is 5.83. The summed E-state index contributed by atoms with van der Waals surface area (Å²) in [7, 11) is 0. The molecule has 3 aromatic rings. The summed E-state index contributed by atoms with van der Waals surface area (Å²) in [6.45, 7) is 4.69. The van der Waals surface area contributed by atoms with Gasteiger partial charge in [0.2, 0.25) is 18.6 Å². The van der Waals surface area contributed by atoms with Crippen LogP contribution < -0.4 is 9.47 Å². The number of fused-ring (bicyclic) bond motifs is 1. The predicted octanol–water partition coefficient (Wildman–Crippen LogP) is 3.17. The topological polar surface area (TPSA) is 75.2 Å². The van der Waals surface area contributed by atoms with Crippen LogP contribution in [0.1, 0.15) is 17.3 Å². The van der Waals surface area contributed by atoms with E-state index in [0.717, 1.165) is 22.7 Å². The molecule has 24 heavy (non-hydrogen) atoms. The minimum absolute atomic E-state index is 0.235. The number of ether oxygens (including phenoxy) is 2. The van der Waals surface area contributed by atoms with Crippen LogP contribution in [-0.2, 0) is 13.0 Å². The number of nitrogens with zero attached hydrogens (tertiary/aromatic N) is 4. The van der Waals surface area contributed by atoms with Crippen LogP contribution in [0.5, 0.6) is 11.5 Å². The minimum Gasteiger partial charge on any atom is -0.454 e. The van der Waals surface area contributed by atoms with E-state index >= 15 is 0 Å². The molecular formula is C16H15ClN4O3. The van der Waals surface area contributed by atoms with Gasteiger partial charge in [-0.25, -0.2) is 0 Å². The molecule has 0 saturated heterocycles. The van der Waals surface area contributed by atoms with Gasteiger partial charge < -0.3 is 13.9 Å². The molecule has 0 spiro atoms. The number of hydrogen-bond donors (Lipinski definition) is 0. The van der Waals surface area contributed by atoms with Crippen LogP contribution in [0, 0.1) is 13.8 Å². The molecule has 0 fully saturated rings. The fourth-order valence-corrected chi connectivity index (χ4v) is 2.73. The first-order valence-corrected chi connectivity index (χ1v) is 7.91. The Kier molecular flexibility index (Phi) is 3.65. The van der Waals surface area contributed by atoms with Crippen LogP contribution in [0.25, 0.3) is 11.5 Å². The van der Waals surface area contributed by atoms with Gasteiger partial charge in [0.15, 0.2) is 11.5 Å². The number of halogens is 1. The molecule has 0 N–H and O–H groups in total. The molecule has 4 rings (SSSR count). The maximum Gasteiger partial charge on any atom is 0.247 e. The van der Waals surface area contributed by atoms with E-state index in [9.17, 15) is 0 Å². The van der Waals surface area contributed by atoms with Gasteiger partial charge in [-0.15, -0.1) is 10.2 Å². The van der Waals surface area contributed by atoms with E-state index in [1.807, 2.05) is 36.7 Å². The molecule has 0 amide bonds. The van der Waals surface area contributed by atoms with E-state index in [-0.39, 0.29) is 6.79 Å². The van der Waals surface area contributed by atoms with Crippen molar-refractivity contribution in [2.45, 2.75) is 26.8 Å². The van der Waals surface area contributed by atoms with Crippen LogP contribution in [-0.4, -0.2) is 26.8 Å². The minimum atomic E-state index is 0.235. The molecule has 7 nitrogen and oxygen atoms in total. The fraction of sp³-hybridized carbons (Fsp3) is 0.312. The molecule has 0 radical (unpaired) electrons. The Balaban J connectivity index is 1.49. The maximum absolute atomic E-state index is 6.15. The van der Waals surface area contributed by atoms with Crippen LogP contribution in [0.2, 0.25) is 5.02 Å². The summed E-state index contributed by atoms with van der Waals surface area (Å²) in [5.74, 6) is 2.41. The molecule has 1 aliphatic heterocycles. The SMILES string of the molecule is Cc1nn(CCc2nnc(-c3ccc4c(c3)OCO4)o2)c(C)c1Cl. The second-order valence-corrected chi connectivity index (χ2v) is 5.90. The van der Waals surface area contributed by atoms with Gasteiger partial charge >= 0.3 is 0 Å². The smallest absolute Gasteiger partial charge is 0.247 e. The molecule has 3 heterocycles. The van der Waals surface area contributed by atoms with E-state index in [1.165, 1.54) is 0 Å². The van der Waals surface area contributed by atoms with Crippen molar-refractivity contribution >= 4 is 11.6 Å². The first kappa shape index (κ1) is 15.0. The van der Waals surface area contributed by atoms with Gasteiger partial charge in [0, 0.05) is 18.5 Å². The number of rotatable bonds is 4. The number of hydrogen-bond acceptors (Lipinski definition) is 6. The average molecular weight is 347 g/mol. The molecule has 0 aliphatic carbocycles. The van der Waals surface area contributed by atoms with Gasteiger partial charge in [0.05, 0.1) is 16.4 Å². The molecule has 124 valence electrons. The Bertz CT molecular complexity index is 903. The Morgan fingerprint density at radius 2 is 2.00 bits per heavy atom. The molecule has 0 bridgehead atoms. The Labute approximate surface area is 143 Å². The Morgan fingerprint density at radius 3 is 2.79 bits per heavy atom. The average Bonchev–Trinajstić information content (AvgIpc) is 3.29. The van der Waals surface area contributed by atoms with Crippen LogP contribution >= 0.6 is 11.6 Å². The van der Waals surface area contributed by atoms with Gasteiger partial charge in [-0.3, -0.25) is 4.68 Å². The molecule has 1 aromatic carbocycles. The van der Waals surface area contributed by atoms with Crippen molar-refractivity contribution in [2.24, 2.45) is 0 Å². The summed E-state index contributed by atoms with van der Waals surface area (Å²) in [5.41, 5.74) is 2.55. The quantitative estimate of drug-likeness (QED) is 0.722. The number of aryl methyl sites for hydroxylation is 3. The van der Waals surface area contributed by atoms with Gasteiger partial charge in [0.1, 0.15) is 0 Å². The molecule has 0 atom stereocenters. The molecule has 2 aromatic heterocycles. The van der Waals surface area contributed by atoms with Crippen LogP contribution in [0.4, 0.5) is 0 Å². The summed E-state index contributed by atoms with van der Waals surface area (Å²) < 4.78 is 18.2. The van der Waals surface area contributed by atoms with Crippen molar-refractivity contribution in [3.05, 3.63) is 40.5 Å². The maximum atomic E-state index is 6.15. The Morgan fingerprint density at radius 1 is 1.17 bits per heavy atom. The van der Waals surface area contributed by atoms with Crippen molar-refractivity contribution in [1.82, 2.24) is 20.0 Å². The summed E-state index contributed by atoms with van der Waals surface area (Å²) >= 11 is 6.15. The summed E-state index contributed by atoms with van der Waals surface area (Å²) in [6.07, 6.45) is 0.579. The van der Waals surface area contributed by atoms with Crippen LogP contribution in [0.15, 0.2) is 22.6 Å². The standard InChI is InChI=1S/C16H15ClN4O3/c1-9-15(17)10(2)21(20-9)6-5-14-18-19-16(24-14)11-3-4-12-13(7-11)23-8-22-12/h3-4,7H,5-6,8H2,1-2H3. The van der Waals surface area contributed by atoms with Crippen molar-refractivity contribution in [3.63, 3.8) is 0 Å². The third-order valence-corrected chi connectivity index (χ3v) is 4.46. The van der Waals surface area contributed by atoms with E-state index in [0.29, 0.717) is 35.5 Å². The van der Waals surface area contributed by atoms with E-state index in [1.54, 1.807) is 0 Å². The third-order valence-electron chi connectivity index (χ3n) is 3.92. The molecule has 0 saturated carbocycles. The van der Waals surface area contributed by atoms with Gasteiger partial charge in [-0.2, -0.15) is 5.10 Å². The highest BCUT2D eigenvalue weighted by molar-refractivity contribution is 6.31. The van der Waals surface area contributed by atoms with Crippen LogP contribution in [0.3, 0.4) is 0 Å². The lowest BCUT2D eigenvalue weighted by Gasteiger charge is -2.01. The van der Waals surface area contributed by atoms with Crippen molar-refractivity contribution < 1.29 is 13.9 Å². The van der Waals surface area contributed by atoms with Crippen molar-refractivity contribution in [3.8, 4) is 23.0 Å². The lowest BCUT2D eigenvalue weighted by atomic mass is 10.2. The Hall–Kier alpha value is -2.54. The highest BCUT2D eigenvalue weighted by Crippen LogP contribution is 2.35. The number of aromatic nitrogens is 4. The normalized spacial score (nSPS) is 12.8. The predicted molar refractivity (Wildman–Crippen MR) is 86.3 cm³/mol. The third kappa shape index (κ3) is 2.60. The molecule has 0 unspecified atom stereocenters. The lowest BCUT2D eigenvalue weighted by Crippen LogP contribution is -2.05. The van der Waals surface area contributed by atoms with E-state index < -0.39 is 0 Å². The van der Waals surface area contributed by atoms with E-state index in [2.05, 4.69) is 15.3 Å². The summed E-state index contributed by atoms with van der Waals surface area (Å²) in [6, 6.07) is 5.53. The highest BCUT2D eigenvalue weighted by atomic mass is 35.5. The monoisotopic (exact) mass is 346 g/mol. The first-order chi connectivity index (χ1) is 11.6. The zero-order valence-electron chi connectivity index (χ0n) is 13.2. The van der Waals surface area contributed by atoms with Gasteiger partial charge in [-0.1, -0.05) is 11.6 Å². The molecular weight excluding hydrogens is 332 g/mol. The van der Waals surface area contributed by atoms with E-state index in [4.69, 9.17) is 25.5 Å². The zero-order valence-corrected chi connectivity index (χ0v) is 14.0. The van der Waals surface area contributed by atoms with Gasteiger partial charge in [0.25, 0.3) is 0 Å². The molecule has 1 aliphatic rings.